The van der Waals surface area contributed by atoms with E-state index in [0.29, 0.717) is 46.3 Å². The molecule has 0 atom stereocenters. The number of nitrogens with zero attached hydrogens (tertiary/aromatic N) is 3. The van der Waals surface area contributed by atoms with Gasteiger partial charge in [-0.1, -0.05) is 0 Å². The molecular weight excluding hydrogens is 421 g/mol. The fraction of sp³-hybridized carbons (Fsp3) is 0.526. The van der Waals surface area contributed by atoms with Gasteiger partial charge in [-0.15, -0.1) is 5.10 Å². The van der Waals surface area contributed by atoms with Gasteiger partial charge in [-0.05, 0) is 32.9 Å². The topological polar surface area (TPSA) is 96.6 Å². The number of benzene rings is 1. The van der Waals surface area contributed by atoms with Gasteiger partial charge in [0.15, 0.2) is 11.5 Å². The molecule has 2 aromatic rings. The summed E-state index contributed by atoms with van der Waals surface area (Å²) in [6.45, 7) is 6.05. The summed E-state index contributed by atoms with van der Waals surface area (Å²) >= 11 is 0. The largest absolute Gasteiger partial charge is 0.490 e. The van der Waals surface area contributed by atoms with Crippen molar-refractivity contribution in [3.05, 3.63) is 34.0 Å². The highest BCUT2D eigenvalue weighted by Crippen LogP contribution is 2.39. The van der Waals surface area contributed by atoms with Crippen LogP contribution >= 0.6 is 0 Å². The minimum Gasteiger partial charge on any atom is -0.490 e. The Balaban J connectivity index is 2.18. The molecular formula is C19H25F3N4O5. The lowest BCUT2D eigenvalue weighted by molar-refractivity contribution is -0.147. The first-order valence-electron chi connectivity index (χ1n) is 9.69. The standard InChI is InChI=1S/C19H25F3N4O5/c1-5-29-13-10-12(11-14(30-6-2)15(13)31-7-3)16(27)23-8-9-26-18(28)25(4)17(24-26)19(20,21)22/h10-11H,5-9H2,1-4H3,(H,23,27). The molecule has 12 heteroatoms. The van der Waals surface area contributed by atoms with Crippen LogP contribution in [0.25, 0.3) is 0 Å². The number of aromatic nitrogens is 3. The average molecular weight is 446 g/mol. The van der Waals surface area contributed by atoms with E-state index in [1.165, 1.54) is 12.1 Å². The molecule has 0 saturated carbocycles. The highest BCUT2D eigenvalue weighted by Gasteiger charge is 2.37. The predicted molar refractivity (Wildman–Crippen MR) is 105 cm³/mol. The number of ether oxygens (including phenoxy) is 3. The fourth-order valence-electron chi connectivity index (χ4n) is 2.78. The SMILES string of the molecule is CCOc1cc(C(=O)NCCn2nc(C(F)(F)F)n(C)c2=O)cc(OCC)c1OCC. The molecule has 0 aliphatic carbocycles. The predicted octanol–water partition coefficient (Wildman–Crippen LogP) is 2.23. The highest BCUT2D eigenvalue weighted by molar-refractivity contribution is 5.95. The molecule has 0 aliphatic rings. The van der Waals surface area contributed by atoms with Crippen molar-refractivity contribution < 1.29 is 32.2 Å². The number of carbonyl (C=O) groups excluding carboxylic acids is 1. The lowest BCUT2D eigenvalue weighted by atomic mass is 10.1. The third kappa shape index (κ3) is 5.70. The second-order valence-electron chi connectivity index (χ2n) is 6.24. The maximum Gasteiger partial charge on any atom is 0.451 e. The third-order valence-electron chi connectivity index (χ3n) is 4.07. The van der Waals surface area contributed by atoms with Crippen LogP contribution in [0.3, 0.4) is 0 Å². The molecule has 1 aromatic carbocycles. The minimum absolute atomic E-state index is 0.117. The second-order valence-corrected chi connectivity index (χ2v) is 6.24. The van der Waals surface area contributed by atoms with E-state index < -0.39 is 23.6 Å². The molecule has 31 heavy (non-hydrogen) atoms. The number of alkyl halides is 3. The first kappa shape index (κ1) is 24.1. The van der Waals surface area contributed by atoms with Gasteiger partial charge in [-0.25, -0.2) is 9.48 Å². The van der Waals surface area contributed by atoms with Crippen molar-refractivity contribution in [2.75, 3.05) is 26.4 Å². The molecule has 0 saturated heterocycles. The van der Waals surface area contributed by atoms with Gasteiger partial charge in [0.25, 0.3) is 5.91 Å². The van der Waals surface area contributed by atoms with Crippen LogP contribution in [0, 0.1) is 0 Å². The summed E-state index contributed by atoms with van der Waals surface area (Å²) in [5.74, 6) is -0.794. The number of carbonyl (C=O) groups is 1. The zero-order valence-electron chi connectivity index (χ0n) is 17.7. The number of nitrogens with one attached hydrogen (secondary N) is 1. The number of hydrogen-bond donors (Lipinski definition) is 1. The summed E-state index contributed by atoms with van der Waals surface area (Å²) < 4.78 is 56.3. The minimum atomic E-state index is -4.75. The van der Waals surface area contributed by atoms with Gasteiger partial charge >= 0.3 is 11.9 Å². The van der Waals surface area contributed by atoms with Crippen LogP contribution in [0.5, 0.6) is 17.2 Å². The normalized spacial score (nSPS) is 11.3. The lowest BCUT2D eigenvalue weighted by Gasteiger charge is -2.17. The van der Waals surface area contributed by atoms with Crippen LogP contribution in [0.1, 0.15) is 37.0 Å². The van der Waals surface area contributed by atoms with Gasteiger partial charge in [0, 0.05) is 19.2 Å². The summed E-state index contributed by atoms with van der Waals surface area (Å²) in [7, 11) is 0.984. The first-order valence-corrected chi connectivity index (χ1v) is 9.69. The first-order chi connectivity index (χ1) is 14.6. The van der Waals surface area contributed by atoms with Gasteiger partial charge in [0.2, 0.25) is 11.6 Å². The van der Waals surface area contributed by atoms with Crippen LogP contribution in [0.4, 0.5) is 13.2 Å². The smallest absolute Gasteiger partial charge is 0.451 e. The molecule has 1 aromatic heterocycles. The molecule has 0 unspecified atom stereocenters. The molecule has 9 nitrogen and oxygen atoms in total. The van der Waals surface area contributed by atoms with E-state index in [2.05, 4.69) is 10.4 Å². The molecule has 1 heterocycles. The van der Waals surface area contributed by atoms with Crippen molar-refractivity contribution in [1.29, 1.82) is 0 Å². The summed E-state index contributed by atoms with van der Waals surface area (Å²) in [4.78, 5) is 24.5. The third-order valence-corrected chi connectivity index (χ3v) is 4.07. The summed E-state index contributed by atoms with van der Waals surface area (Å²) in [6, 6.07) is 2.97. The molecule has 1 N–H and O–H groups in total. The molecule has 0 aliphatic heterocycles. The summed E-state index contributed by atoms with van der Waals surface area (Å²) in [5, 5.41) is 5.84. The van der Waals surface area contributed by atoms with Crippen LogP contribution in [0.15, 0.2) is 16.9 Å². The monoisotopic (exact) mass is 446 g/mol. The molecule has 0 bridgehead atoms. The van der Waals surface area contributed by atoms with Crippen LogP contribution in [-0.2, 0) is 19.8 Å². The van der Waals surface area contributed by atoms with Gasteiger partial charge in [-0.2, -0.15) is 13.2 Å². The van der Waals surface area contributed by atoms with E-state index in [1.807, 2.05) is 0 Å². The maximum absolute atomic E-state index is 12.9. The van der Waals surface area contributed by atoms with Gasteiger partial charge in [0.05, 0.1) is 26.4 Å². The van der Waals surface area contributed by atoms with Crippen LogP contribution < -0.4 is 25.2 Å². The van der Waals surface area contributed by atoms with Crippen LogP contribution in [0.2, 0.25) is 0 Å². The quantitative estimate of drug-likeness (QED) is 0.601. The Hall–Kier alpha value is -3.18. The van der Waals surface area contributed by atoms with Crippen molar-refractivity contribution in [2.24, 2.45) is 7.05 Å². The number of halogens is 3. The fourth-order valence-corrected chi connectivity index (χ4v) is 2.78. The Morgan fingerprint density at radius 2 is 1.61 bits per heavy atom. The molecule has 0 spiro atoms. The van der Waals surface area contributed by atoms with E-state index in [4.69, 9.17) is 14.2 Å². The molecule has 0 fully saturated rings. The van der Waals surface area contributed by atoms with Crippen molar-refractivity contribution in [2.45, 2.75) is 33.5 Å². The van der Waals surface area contributed by atoms with E-state index in [1.54, 1.807) is 20.8 Å². The van der Waals surface area contributed by atoms with Crippen LogP contribution in [-0.4, -0.2) is 46.6 Å². The molecule has 172 valence electrons. The van der Waals surface area contributed by atoms with Gasteiger partial charge in [-0.3, -0.25) is 9.36 Å². The zero-order chi connectivity index (χ0) is 23.2. The Kier molecular flexibility index (Phi) is 7.95. The number of amides is 1. The summed E-state index contributed by atoms with van der Waals surface area (Å²) in [6.07, 6.45) is -4.75. The van der Waals surface area contributed by atoms with E-state index in [0.717, 1.165) is 7.05 Å². The Morgan fingerprint density at radius 3 is 2.06 bits per heavy atom. The molecule has 0 radical (unpaired) electrons. The Morgan fingerprint density at radius 1 is 1.06 bits per heavy atom. The number of hydrogen-bond acceptors (Lipinski definition) is 6. The second kappa shape index (κ2) is 10.2. The van der Waals surface area contributed by atoms with E-state index in [-0.39, 0.29) is 18.7 Å². The Bertz CT molecular complexity index is 941. The zero-order valence-corrected chi connectivity index (χ0v) is 17.7. The molecule has 1 amide bonds. The van der Waals surface area contributed by atoms with E-state index in [9.17, 15) is 22.8 Å². The van der Waals surface area contributed by atoms with Gasteiger partial charge in [0.1, 0.15) is 0 Å². The highest BCUT2D eigenvalue weighted by atomic mass is 19.4. The number of rotatable bonds is 10. The average Bonchev–Trinajstić information content (AvgIpc) is 2.99. The maximum atomic E-state index is 12.9. The van der Waals surface area contributed by atoms with Crippen molar-refractivity contribution in [3.63, 3.8) is 0 Å². The van der Waals surface area contributed by atoms with Gasteiger partial charge < -0.3 is 19.5 Å². The van der Waals surface area contributed by atoms with E-state index >= 15 is 0 Å². The molecule has 2 rings (SSSR count). The van der Waals surface area contributed by atoms with Crippen molar-refractivity contribution >= 4 is 5.91 Å². The van der Waals surface area contributed by atoms with Crippen molar-refractivity contribution in [1.82, 2.24) is 19.7 Å². The lowest BCUT2D eigenvalue weighted by Crippen LogP contribution is -2.31. The Labute approximate surface area is 176 Å². The van der Waals surface area contributed by atoms with Crippen molar-refractivity contribution in [3.8, 4) is 17.2 Å². The summed E-state index contributed by atoms with van der Waals surface area (Å²) in [5.41, 5.74) is -0.723.